The zero-order chi connectivity index (χ0) is 32.5. The molecule has 3 aromatic carbocycles. The number of amides is 2. The van der Waals surface area contributed by atoms with E-state index in [1.54, 1.807) is 26.0 Å². The maximum Gasteiger partial charge on any atom is 0.333 e. The molecule has 12 nitrogen and oxygen atoms in total. The molecule has 3 rings (SSSR count). The molecular weight excluding hydrogens is 594 g/mol. The molecule has 0 atom stereocenters. The van der Waals surface area contributed by atoms with Crippen molar-refractivity contribution in [1.82, 2.24) is 4.72 Å². The second kappa shape index (κ2) is 14.8. The number of sulfonamides is 2. The molecule has 0 saturated carbocycles. The number of oxime groups is 2. The highest BCUT2D eigenvalue weighted by molar-refractivity contribution is 7.90. The number of primary sulfonamides is 1. The molecule has 0 unspecified atom stereocenters. The fraction of sp³-hybridized carbons (Fsp3) is 0.276. The van der Waals surface area contributed by atoms with Crippen LogP contribution >= 0.6 is 0 Å². The van der Waals surface area contributed by atoms with Crippen LogP contribution in [0.25, 0.3) is 0 Å². The van der Waals surface area contributed by atoms with Crippen LogP contribution in [0.1, 0.15) is 75.6 Å². The molecule has 0 aliphatic heterocycles. The fourth-order valence-corrected chi connectivity index (χ4v) is 5.43. The number of carbonyl (C=O) groups excluding carboxylic acids is 1. The SMILES string of the molecule is C/C(=N\O)c1cccc(S(=O)(=O)NC(=O)Nc2c(C(C)C)cccc2C(C)C)c1.C/C(=N\O)c1cccc(S(N)(=O)=O)c1. The van der Waals surface area contributed by atoms with E-state index in [4.69, 9.17) is 15.6 Å². The van der Waals surface area contributed by atoms with Crippen molar-refractivity contribution in [2.24, 2.45) is 15.5 Å². The van der Waals surface area contributed by atoms with E-state index in [2.05, 4.69) is 20.4 Å². The first kappa shape index (κ1) is 34.9. The second-order valence-corrected chi connectivity index (χ2v) is 13.4. The first-order chi connectivity index (χ1) is 20.0. The molecule has 3 aromatic rings. The van der Waals surface area contributed by atoms with Gasteiger partial charge in [-0.2, -0.15) is 0 Å². The van der Waals surface area contributed by atoms with Crippen LogP contribution in [0.15, 0.2) is 86.8 Å². The van der Waals surface area contributed by atoms with Crippen LogP contribution in [0, 0.1) is 0 Å². The van der Waals surface area contributed by atoms with Gasteiger partial charge in [0.15, 0.2) is 0 Å². The van der Waals surface area contributed by atoms with Crippen LogP contribution < -0.4 is 15.2 Å². The molecule has 0 heterocycles. The lowest BCUT2D eigenvalue weighted by Crippen LogP contribution is -2.35. The van der Waals surface area contributed by atoms with Gasteiger partial charge in [-0.25, -0.2) is 31.5 Å². The first-order valence-corrected chi connectivity index (χ1v) is 16.1. The van der Waals surface area contributed by atoms with Gasteiger partial charge in [-0.05, 0) is 61.1 Å². The number of nitrogens with two attached hydrogens (primary N) is 1. The Balaban J connectivity index is 0.000000385. The monoisotopic (exact) mass is 631 g/mol. The number of urea groups is 1. The number of nitrogens with zero attached hydrogens (tertiary/aromatic N) is 2. The minimum Gasteiger partial charge on any atom is -0.411 e. The largest absolute Gasteiger partial charge is 0.411 e. The van der Waals surface area contributed by atoms with Crippen molar-refractivity contribution in [3.05, 3.63) is 89.0 Å². The van der Waals surface area contributed by atoms with E-state index >= 15 is 0 Å². The van der Waals surface area contributed by atoms with Crippen molar-refractivity contribution in [3.63, 3.8) is 0 Å². The van der Waals surface area contributed by atoms with Crippen molar-refractivity contribution in [2.45, 2.75) is 63.2 Å². The molecule has 0 bridgehead atoms. The summed E-state index contributed by atoms with van der Waals surface area (Å²) in [6.45, 7) is 11.1. The zero-order valence-electron chi connectivity index (χ0n) is 24.7. The molecule has 6 N–H and O–H groups in total. The zero-order valence-corrected chi connectivity index (χ0v) is 26.4. The summed E-state index contributed by atoms with van der Waals surface area (Å²) in [7, 11) is -7.81. The summed E-state index contributed by atoms with van der Waals surface area (Å²) in [6, 6.07) is 16.7. The van der Waals surface area contributed by atoms with Gasteiger partial charge >= 0.3 is 6.03 Å². The Hall–Kier alpha value is -4.27. The van der Waals surface area contributed by atoms with Crippen molar-refractivity contribution in [3.8, 4) is 0 Å². The predicted octanol–water partition coefficient (Wildman–Crippen LogP) is 5.17. The number of hydrogen-bond donors (Lipinski definition) is 5. The maximum atomic E-state index is 12.7. The van der Waals surface area contributed by atoms with E-state index in [1.807, 2.05) is 45.9 Å². The number of carbonyl (C=O) groups is 1. The highest BCUT2D eigenvalue weighted by Gasteiger charge is 2.21. The van der Waals surface area contributed by atoms with Crippen LogP contribution in [0.5, 0.6) is 0 Å². The standard InChI is InChI=1S/C21H27N3O4S.C8H10N2O3S/c1-13(2)18-10-7-11-19(14(3)4)20(18)22-21(25)24-29(27,28)17-9-6-8-16(12-17)15(5)23-26;1-6(10-11)7-3-2-4-8(5-7)14(9,12)13/h6-14,26H,1-5H3,(H2,22,24,25);2-5,11H,1H3,(H2,9,12,13)/b23-15+;10-6+. The normalized spacial score (nSPS) is 12.5. The quantitative estimate of drug-likeness (QED) is 0.128. The van der Waals surface area contributed by atoms with Gasteiger partial charge in [0.1, 0.15) is 0 Å². The topological polar surface area (TPSA) is 201 Å². The lowest BCUT2D eigenvalue weighted by atomic mass is 9.93. The van der Waals surface area contributed by atoms with Gasteiger partial charge < -0.3 is 15.7 Å². The predicted molar refractivity (Wildman–Crippen MR) is 166 cm³/mol. The third kappa shape index (κ3) is 9.63. The third-order valence-corrected chi connectivity index (χ3v) is 8.52. The van der Waals surface area contributed by atoms with Crippen molar-refractivity contribution < 1.29 is 32.0 Å². The van der Waals surface area contributed by atoms with Gasteiger partial charge in [0.2, 0.25) is 10.0 Å². The fourth-order valence-electron chi connectivity index (χ4n) is 3.92. The summed E-state index contributed by atoms with van der Waals surface area (Å²) in [6.07, 6.45) is 0. The molecule has 0 aliphatic carbocycles. The van der Waals surface area contributed by atoms with Crippen LogP contribution in [0.4, 0.5) is 10.5 Å². The third-order valence-electron chi connectivity index (χ3n) is 6.28. The Labute approximate surface area is 252 Å². The molecule has 43 heavy (non-hydrogen) atoms. The Bertz CT molecular complexity index is 1710. The molecule has 0 aliphatic rings. The van der Waals surface area contributed by atoms with Gasteiger partial charge in [0, 0.05) is 16.8 Å². The van der Waals surface area contributed by atoms with Crippen LogP contribution in [0.2, 0.25) is 0 Å². The summed E-state index contributed by atoms with van der Waals surface area (Å²) in [5.41, 5.74) is 4.03. The summed E-state index contributed by atoms with van der Waals surface area (Å²) in [5.74, 6) is 0.302. The van der Waals surface area contributed by atoms with E-state index in [9.17, 15) is 21.6 Å². The molecule has 0 spiro atoms. The highest BCUT2D eigenvalue weighted by atomic mass is 32.2. The highest BCUT2D eigenvalue weighted by Crippen LogP contribution is 2.32. The van der Waals surface area contributed by atoms with Gasteiger partial charge in [0.05, 0.1) is 21.2 Å². The van der Waals surface area contributed by atoms with Crippen molar-refractivity contribution in [2.75, 3.05) is 5.32 Å². The van der Waals surface area contributed by atoms with E-state index in [0.29, 0.717) is 22.5 Å². The van der Waals surface area contributed by atoms with E-state index in [0.717, 1.165) is 11.1 Å². The van der Waals surface area contributed by atoms with Gasteiger partial charge in [-0.3, -0.25) is 0 Å². The Kier molecular flexibility index (Phi) is 12.0. The van der Waals surface area contributed by atoms with E-state index in [-0.39, 0.29) is 27.3 Å². The van der Waals surface area contributed by atoms with Crippen LogP contribution in [0.3, 0.4) is 0 Å². The lowest BCUT2D eigenvalue weighted by Gasteiger charge is -2.20. The summed E-state index contributed by atoms with van der Waals surface area (Å²) < 4.78 is 49.3. The van der Waals surface area contributed by atoms with Crippen LogP contribution in [-0.2, 0) is 20.0 Å². The first-order valence-electron chi connectivity index (χ1n) is 13.1. The average Bonchev–Trinajstić information content (AvgIpc) is 2.95. The number of benzene rings is 3. The number of hydrogen-bond acceptors (Lipinski definition) is 9. The number of anilines is 1. The summed E-state index contributed by atoms with van der Waals surface area (Å²) >= 11 is 0. The minimum absolute atomic E-state index is 0.00185. The van der Waals surface area contributed by atoms with Gasteiger partial charge in [0.25, 0.3) is 10.0 Å². The van der Waals surface area contributed by atoms with Crippen molar-refractivity contribution >= 4 is 43.2 Å². The van der Waals surface area contributed by atoms with Gasteiger partial charge in [-0.15, -0.1) is 0 Å². The number of rotatable bonds is 8. The minimum atomic E-state index is -4.11. The van der Waals surface area contributed by atoms with E-state index < -0.39 is 26.1 Å². The Morgan fingerprint density at radius 2 is 1.16 bits per heavy atom. The Morgan fingerprint density at radius 1 is 0.744 bits per heavy atom. The molecule has 2 amide bonds. The summed E-state index contributed by atoms with van der Waals surface area (Å²) in [5, 5.41) is 31.1. The smallest absolute Gasteiger partial charge is 0.333 e. The maximum absolute atomic E-state index is 12.7. The molecule has 14 heteroatoms. The molecule has 0 saturated heterocycles. The number of nitrogens with one attached hydrogen (secondary N) is 2. The van der Waals surface area contributed by atoms with Crippen molar-refractivity contribution in [1.29, 1.82) is 0 Å². The number of para-hydroxylation sites is 1. The molecule has 232 valence electrons. The second-order valence-electron chi connectivity index (χ2n) is 10.2. The van der Waals surface area contributed by atoms with E-state index in [1.165, 1.54) is 36.4 Å². The lowest BCUT2D eigenvalue weighted by molar-refractivity contribution is 0.256. The average molecular weight is 632 g/mol. The molecule has 0 radical (unpaired) electrons. The van der Waals surface area contributed by atoms with Gasteiger partial charge in [-0.1, -0.05) is 80.5 Å². The molecular formula is C29H37N5O7S2. The molecule has 0 aromatic heterocycles. The summed E-state index contributed by atoms with van der Waals surface area (Å²) in [4.78, 5) is 12.5. The molecule has 0 fully saturated rings. The Morgan fingerprint density at radius 3 is 1.58 bits per heavy atom. The van der Waals surface area contributed by atoms with Crippen LogP contribution in [-0.4, -0.2) is 44.7 Å².